The van der Waals surface area contributed by atoms with E-state index in [9.17, 15) is 5.11 Å². The highest BCUT2D eigenvalue weighted by atomic mass is 16.5. The Labute approximate surface area is 165 Å². The first-order valence-corrected chi connectivity index (χ1v) is 9.73. The minimum atomic E-state index is -0.547. The standard InChI is InChI=1S/C24H25NO3/c26-18(17-27-19-8-2-1-3-9-19)16-25-15-14-20-21-10-4-6-12-23(21)28-24-13-7-5-11-22(20)24/h1-13,18,20,25-26H,14-17H2. The molecule has 0 aromatic heterocycles. The van der Waals surface area contributed by atoms with Crippen molar-refractivity contribution in [1.29, 1.82) is 0 Å². The van der Waals surface area contributed by atoms with E-state index in [1.165, 1.54) is 11.1 Å². The Morgan fingerprint density at radius 3 is 2.14 bits per heavy atom. The van der Waals surface area contributed by atoms with Gasteiger partial charge in [-0.3, -0.25) is 0 Å². The van der Waals surface area contributed by atoms with Crippen molar-refractivity contribution in [1.82, 2.24) is 5.32 Å². The molecule has 1 aliphatic rings. The number of nitrogens with one attached hydrogen (secondary N) is 1. The van der Waals surface area contributed by atoms with Crippen LogP contribution in [0, 0.1) is 0 Å². The predicted molar refractivity (Wildman–Crippen MR) is 110 cm³/mol. The number of fused-ring (bicyclic) bond motifs is 2. The second kappa shape index (κ2) is 8.91. The van der Waals surface area contributed by atoms with E-state index in [-0.39, 0.29) is 12.5 Å². The predicted octanol–water partition coefficient (Wildman–Crippen LogP) is 4.34. The zero-order valence-corrected chi connectivity index (χ0v) is 15.8. The molecule has 1 atom stereocenters. The number of benzene rings is 3. The summed E-state index contributed by atoms with van der Waals surface area (Å²) < 4.78 is 11.7. The summed E-state index contributed by atoms with van der Waals surface area (Å²) in [6.07, 6.45) is 0.387. The molecule has 3 aromatic carbocycles. The molecule has 0 radical (unpaired) electrons. The van der Waals surface area contributed by atoms with Gasteiger partial charge < -0.3 is 19.9 Å². The number of aliphatic hydroxyl groups is 1. The van der Waals surface area contributed by atoms with Crippen molar-refractivity contribution in [2.24, 2.45) is 0 Å². The lowest BCUT2D eigenvalue weighted by Crippen LogP contribution is -2.32. The van der Waals surface area contributed by atoms with Gasteiger partial charge in [0.1, 0.15) is 30.0 Å². The molecule has 4 nitrogen and oxygen atoms in total. The third kappa shape index (κ3) is 4.35. The summed E-state index contributed by atoms with van der Waals surface area (Å²) >= 11 is 0. The topological polar surface area (TPSA) is 50.7 Å². The van der Waals surface area contributed by atoms with Crippen molar-refractivity contribution in [3.05, 3.63) is 90.0 Å². The van der Waals surface area contributed by atoms with Gasteiger partial charge in [0.15, 0.2) is 0 Å². The van der Waals surface area contributed by atoms with Crippen LogP contribution >= 0.6 is 0 Å². The van der Waals surface area contributed by atoms with Crippen LogP contribution in [-0.2, 0) is 0 Å². The summed E-state index contributed by atoms with van der Waals surface area (Å²) in [6.45, 7) is 1.58. The molecule has 4 rings (SSSR count). The maximum absolute atomic E-state index is 10.2. The van der Waals surface area contributed by atoms with Crippen molar-refractivity contribution in [2.75, 3.05) is 19.7 Å². The van der Waals surface area contributed by atoms with Crippen molar-refractivity contribution in [2.45, 2.75) is 18.4 Å². The average molecular weight is 375 g/mol. The van der Waals surface area contributed by atoms with E-state index in [2.05, 4.69) is 29.6 Å². The largest absolute Gasteiger partial charge is 0.491 e. The maximum Gasteiger partial charge on any atom is 0.131 e. The van der Waals surface area contributed by atoms with Crippen LogP contribution < -0.4 is 14.8 Å². The Kier molecular flexibility index (Phi) is 5.90. The van der Waals surface area contributed by atoms with Gasteiger partial charge in [0, 0.05) is 23.6 Å². The number of hydrogen-bond acceptors (Lipinski definition) is 4. The molecule has 144 valence electrons. The summed E-state index contributed by atoms with van der Waals surface area (Å²) in [4.78, 5) is 0. The van der Waals surface area contributed by atoms with Crippen LogP contribution in [0.25, 0.3) is 0 Å². The van der Waals surface area contributed by atoms with Gasteiger partial charge in [0.2, 0.25) is 0 Å². The second-order valence-corrected chi connectivity index (χ2v) is 7.00. The molecular weight excluding hydrogens is 350 g/mol. The zero-order valence-electron chi connectivity index (χ0n) is 15.8. The van der Waals surface area contributed by atoms with Crippen molar-refractivity contribution in [3.63, 3.8) is 0 Å². The second-order valence-electron chi connectivity index (χ2n) is 7.00. The van der Waals surface area contributed by atoms with E-state index in [1.807, 2.05) is 54.6 Å². The van der Waals surface area contributed by atoms with Gasteiger partial charge in [0.05, 0.1) is 0 Å². The summed E-state index contributed by atoms with van der Waals surface area (Å²) in [5.74, 6) is 2.92. The maximum atomic E-state index is 10.2. The van der Waals surface area contributed by atoms with Crippen LogP contribution in [0.3, 0.4) is 0 Å². The molecule has 0 saturated heterocycles. The number of rotatable bonds is 8. The van der Waals surface area contributed by atoms with E-state index in [0.717, 1.165) is 30.2 Å². The van der Waals surface area contributed by atoms with Gasteiger partial charge >= 0.3 is 0 Å². The number of para-hydroxylation sites is 3. The molecule has 4 heteroatoms. The minimum Gasteiger partial charge on any atom is -0.491 e. The van der Waals surface area contributed by atoms with Crippen LogP contribution in [0.2, 0.25) is 0 Å². The van der Waals surface area contributed by atoms with Gasteiger partial charge in [-0.15, -0.1) is 0 Å². The van der Waals surface area contributed by atoms with Crippen LogP contribution in [0.1, 0.15) is 23.5 Å². The molecule has 1 unspecified atom stereocenters. The minimum absolute atomic E-state index is 0.278. The van der Waals surface area contributed by atoms with Crippen molar-refractivity contribution >= 4 is 0 Å². The molecule has 1 heterocycles. The Bertz CT molecular complexity index is 852. The Morgan fingerprint density at radius 1 is 0.857 bits per heavy atom. The van der Waals surface area contributed by atoms with Gasteiger partial charge in [0.25, 0.3) is 0 Å². The Balaban J connectivity index is 1.30. The van der Waals surface area contributed by atoms with Gasteiger partial charge in [-0.1, -0.05) is 54.6 Å². The molecule has 0 fully saturated rings. The van der Waals surface area contributed by atoms with Crippen LogP contribution in [0.5, 0.6) is 17.2 Å². The summed E-state index contributed by atoms with van der Waals surface area (Å²) in [5.41, 5.74) is 2.44. The lowest BCUT2D eigenvalue weighted by atomic mass is 9.85. The SMILES string of the molecule is OC(CNCCC1c2ccccc2Oc2ccccc21)COc1ccccc1. The lowest BCUT2D eigenvalue weighted by Gasteiger charge is -2.28. The first-order chi connectivity index (χ1) is 13.8. The summed E-state index contributed by atoms with van der Waals surface area (Å²) in [5, 5.41) is 13.5. The summed E-state index contributed by atoms with van der Waals surface area (Å²) in [7, 11) is 0. The van der Waals surface area contributed by atoms with Crippen LogP contribution in [0.15, 0.2) is 78.9 Å². The monoisotopic (exact) mass is 375 g/mol. The van der Waals surface area contributed by atoms with E-state index in [0.29, 0.717) is 6.54 Å². The first kappa shape index (κ1) is 18.5. The van der Waals surface area contributed by atoms with Crippen molar-refractivity contribution < 1.29 is 14.6 Å². The molecule has 28 heavy (non-hydrogen) atoms. The number of aliphatic hydroxyl groups excluding tert-OH is 1. The third-order valence-electron chi connectivity index (χ3n) is 4.98. The molecule has 0 bridgehead atoms. The molecular formula is C24H25NO3. The normalized spacial score (nSPS) is 13.9. The smallest absolute Gasteiger partial charge is 0.131 e. The zero-order chi connectivity index (χ0) is 19.2. The quantitative estimate of drug-likeness (QED) is 0.575. The molecule has 3 aromatic rings. The third-order valence-corrected chi connectivity index (χ3v) is 4.98. The molecule has 0 spiro atoms. The highest BCUT2D eigenvalue weighted by Gasteiger charge is 2.26. The number of hydrogen-bond donors (Lipinski definition) is 2. The Hall–Kier alpha value is -2.82. The fourth-order valence-corrected chi connectivity index (χ4v) is 3.60. The van der Waals surface area contributed by atoms with E-state index in [1.54, 1.807) is 0 Å². The first-order valence-electron chi connectivity index (χ1n) is 9.73. The van der Waals surface area contributed by atoms with Gasteiger partial charge in [-0.25, -0.2) is 0 Å². The highest BCUT2D eigenvalue weighted by molar-refractivity contribution is 5.53. The van der Waals surface area contributed by atoms with Crippen molar-refractivity contribution in [3.8, 4) is 17.2 Å². The highest BCUT2D eigenvalue weighted by Crippen LogP contribution is 2.45. The van der Waals surface area contributed by atoms with Crippen LogP contribution in [-0.4, -0.2) is 30.9 Å². The van der Waals surface area contributed by atoms with Crippen LogP contribution in [0.4, 0.5) is 0 Å². The molecule has 1 aliphatic heterocycles. The van der Waals surface area contributed by atoms with Gasteiger partial charge in [-0.2, -0.15) is 0 Å². The lowest BCUT2D eigenvalue weighted by molar-refractivity contribution is 0.106. The Morgan fingerprint density at radius 2 is 1.46 bits per heavy atom. The van der Waals surface area contributed by atoms with E-state index < -0.39 is 6.10 Å². The molecule has 0 aliphatic carbocycles. The molecule has 2 N–H and O–H groups in total. The molecule has 0 amide bonds. The van der Waals surface area contributed by atoms with E-state index >= 15 is 0 Å². The average Bonchev–Trinajstić information content (AvgIpc) is 2.75. The molecule has 0 saturated carbocycles. The summed E-state index contributed by atoms with van der Waals surface area (Å²) in [6, 6.07) is 26.0. The fourth-order valence-electron chi connectivity index (χ4n) is 3.60. The fraction of sp³-hybridized carbons (Fsp3) is 0.250. The van der Waals surface area contributed by atoms with Gasteiger partial charge in [-0.05, 0) is 37.2 Å². The number of ether oxygens (including phenoxy) is 2. The van der Waals surface area contributed by atoms with E-state index in [4.69, 9.17) is 9.47 Å².